The van der Waals surface area contributed by atoms with Crippen LogP contribution in [0.4, 0.5) is 0 Å². The molecule has 0 spiro atoms. The molecular formula is C82H56N4. The van der Waals surface area contributed by atoms with Crippen LogP contribution in [0.2, 0.25) is 0 Å². The molecule has 13 aromatic carbocycles. The quantitative estimate of drug-likeness (QED) is 0.137. The monoisotopic (exact) mass is 1100 g/mol. The Morgan fingerprint density at radius 1 is 0.174 bits per heavy atom. The highest BCUT2D eigenvalue weighted by molar-refractivity contribution is 6.10. The summed E-state index contributed by atoms with van der Waals surface area (Å²) in [6.45, 7) is 0. The molecule has 0 amide bonds. The van der Waals surface area contributed by atoms with Gasteiger partial charge in [0.2, 0.25) is 0 Å². The van der Waals surface area contributed by atoms with E-state index in [9.17, 15) is 0 Å². The molecule has 404 valence electrons. The molecule has 0 aliphatic carbocycles. The molecule has 0 fully saturated rings. The average molecular weight is 1100 g/mol. The number of fused-ring (bicyclic) bond motifs is 6. The first-order chi connectivity index (χ1) is 42.6. The fourth-order valence-corrected chi connectivity index (χ4v) is 12.2. The van der Waals surface area contributed by atoms with E-state index in [1.807, 2.05) is 36.4 Å². The van der Waals surface area contributed by atoms with E-state index in [0.29, 0.717) is 0 Å². The molecule has 16 rings (SSSR count). The van der Waals surface area contributed by atoms with Crippen molar-refractivity contribution in [1.29, 1.82) is 0 Å². The van der Waals surface area contributed by atoms with Crippen molar-refractivity contribution < 1.29 is 0 Å². The lowest BCUT2D eigenvalue weighted by Gasteiger charge is -2.12. The van der Waals surface area contributed by atoms with Crippen LogP contribution in [-0.2, 0) is 0 Å². The highest BCUT2D eigenvalue weighted by Gasteiger charge is 2.16. The second-order valence-electron chi connectivity index (χ2n) is 21.7. The van der Waals surface area contributed by atoms with Crippen LogP contribution >= 0.6 is 0 Å². The van der Waals surface area contributed by atoms with Crippen molar-refractivity contribution in [2.75, 3.05) is 0 Å². The minimum Gasteiger partial charge on any atom is -0.309 e. The molecule has 0 aliphatic heterocycles. The van der Waals surface area contributed by atoms with E-state index < -0.39 is 0 Å². The molecule has 3 aromatic heterocycles. The maximum absolute atomic E-state index is 5.03. The van der Waals surface area contributed by atoms with Crippen LogP contribution in [0.5, 0.6) is 0 Å². The molecule has 3 heterocycles. The average Bonchev–Trinajstić information content (AvgIpc) is 2.37. The Morgan fingerprint density at radius 3 is 0.849 bits per heavy atom. The summed E-state index contributed by atoms with van der Waals surface area (Å²) < 4.78 is 4.71. The molecule has 0 aliphatic rings. The number of hydrogen-bond acceptors (Lipinski definition) is 2. The highest BCUT2D eigenvalue weighted by Crippen LogP contribution is 2.38. The third-order valence-corrected chi connectivity index (χ3v) is 16.4. The molecule has 0 unspecified atom stereocenters. The lowest BCUT2D eigenvalue weighted by Crippen LogP contribution is -1.96. The molecule has 0 bridgehead atoms. The number of aromatic nitrogens is 4. The Kier molecular flexibility index (Phi) is 13.6. The summed E-state index contributed by atoms with van der Waals surface area (Å²) in [5.74, 6) is 0.720. The molecular weight excluding hydrogens is 1040 g/mol. The lowest BCUT2D eigenvalue weighted by atomic mass is 9.92. The summed E-state index contributed by atoms with van der Waals surface area (Å²) in [7, 11) is 0. The van der Waals surface area contributed by atoms with Gasteiger partial charge in [0.05, 0.1) is 33.5 Å². The standard InChI is InChI=1S/C42H29N.C40H27N3/c1-3-11-30(12-4-1)35-27-36(31-13-5-2-6-14-31)29-37(28-35)34-21-19-32(20-22-34)33-23-25-38(26-24-33)43-41-17-9-7-15-39(41)40-16-8-10-18-42(40)43;1-3-12-29(13-4-1)36-27-37(42-40(41-36)30-14-5-2-6-15-30)32-17-11-16-31(26-32)28-22-24-33(25-23-28)43-38-20-9-7-18-34(38)35-19-8-10-21-39(35)43/h1-29H;1-27H. The van der Waals surface area contributed by atoms with E-state index in [4.69, 9.17) is 9.97 Å². The van der Waals surface area contributed by atoms with E-state index >= 15 is 0 Å². The fraction of sp³-hybridized carbons (Fsp3) is 0. The minimum atomic E-state index is 0.720. The van der Waals surface area contributed by atoms with Crippen molar-refractivity contribution >= 4 is 43.6 Å². The third kappa shape index (κ3) is 10.0. The minimum absolute atomic E-state index is 0.720. The molecule has 16 aromatic rings. The zero-order valence-corrected chi connectivity index (χ0v) is 47.1. The highest BCUT2D eigenvalue weighted by atomic mass is 15.0. The first-order valence-corrected chi connectivity index (χ1v) is 29.3. The van der Waals surface area contributed by atoms with Crippen molar-refractivity contribution in [3.8, 4) is 101 Å². The van der Waals surface area contributed by atoms with Gasteiger partial charge in [-0.15, -0.1) is 0 Å². The van der Waals surface area contributed by atoms with Gasteiger partial charge in [-0.1, -0.05) is 261 Å². The second kappa shape index (κ2) is 22.7. The zero-order valence-electron chi connectivity index (χ0n) is 47.1. The number of para-hydroxylation sites is 4. The summed E-state index contributed by atoms with van der Waals surface area (Å²) in [4.78, 5) is 9.97. The SMILES string of the molecule is c1ccc(-c2cc(-c3cccc(-c4ccc(-n5c6ccccc6c6ccccc65)cc4)c3)nc(-c3ccccc3)n2)cc1.c1ccc(-c2cc(-c3ccccc3)cc(-c3ccc(-c4ccc(-n5c6ccccc6c6ccccc65)cc4)cc3)c2)cc1. The number of hydrogen-bond donors (Lipinski definition) is 0. The molecule has 0 saturated carbocycles. The van der Waals surface area contributed by atoms with Gasteiger partial charge < -0.3 is 9.13 Å². The topological polar surface area (TPSA) is 35.6 Å². The Bertz CT molecular complexity index is 4830. The normalized spacial score (nSPS) is 11.3. The van der Waals surface area contributed by atoms with Gasteiger partial charge in [0, 0.05) is 49.6 Å². The van der Waals surface area contributed by atoms with Crippen molar-refractivity contribution in [1.82, 2.24) is 19.1 Å². The van der Waals surface area contributed by atoms with Crippen LogP contribution in [0, 0.1) is 0 Å². The Balaban J connectivity index is 0.000000145. The lowest BCUT2D eigenvalue weighted by molar-refractivity contribution is 1.18. The van der Waals surface area contributed by atoms with Crippen LogP contribution in [-0.4, -0.2) is 19.1 Å². The van der Waals surface area contributed by atoms with Crippen molar-refractivity contribution in [2.24, 2.45) is 0 Å². The Hall–Kier alpha value is -11.5. The summed E-state index contributed by atoms with van der Waals surface area (Å²) in [5.41, 5.74) is 24.2. The summed E-state index contributed by atoms with van der Waals surface area (Å²) in [5, 5.41) is 5.10. The number of nitrogens with zero attached hydrogens (tertiary/aromatic N) is 4. The first kappa shape index (κ1) is 51.4. The Morgan fingerprint density at radius 2 is 0.442 bits per heavy atom. The van der Waals surface area contributed by atoms with Crippen LogP contribution in [0.25, 0.3) is 145 Å². The maximum Gasteiger partial charge on any atom is 0.160 e. The van der Waals surface area contributed by atoms with E-state index in [-0.39, 0.29) is 0 Å². The van der Waals surface area contributed by atoms with E-state index in [0.717, 1.165) is 50.7 Å². The second-order valence-corrected chi connectivity index (χ2v) is 21.7. The van der Waals surface area contributed by atoms with Gasteiger partial charge in [0.15, 0.2) is 5.82 Å². The molecule has 0 atom stereocenters. The molecule has 0 radical (unpaired) electrons. The number of benzene rings is 13. The van der Waals surface area contributed by atoms with Crippen molar-refractivity contribution in [3.63, 3.8) is 0 Å². The van der Waals surface area contributed by atoms with Gasteiger partial charge >= 0.3 is 0 Å². The van der Waals surface area contributed by atoms with Crippen LogP contribution < -0.4 is 0 Å². The molecule has 0 N–H and O–H groups in total. The summed E-state index contributed by atoms with van der Waals surface area (Å²) in [6, 6.07) is 121. The molecule has 4 nitrogen and oxygen atoms in total. The molecule has 4 heteroatoms. The van der Waals surface area contributed by atoms with Crippen LogP contribution in [0.3, 0.4) is 0 Å². The van der Waals surface area contributed by atoms with E-state index in [2.05, 4.69) is 312 Å². The largest absolute Gasteiger partial charge is 0.309 e. The van der Waals surface area contributed by atoms with Crippen molar-refractivity contribution in [2.45, 2.75) is 0 Å². The first-order valence-electron chi connectivity index (χ1n) is 29.3. The van der Waals surface area contributed by atoms with Gasteiger partial charge in [-0.05, 0) is 134 Å². The van der Waals surface area contributed by atoms with Crippen LogP contribution in [0.1, 0.15) is 0 Å². The van der Waals surface area contributed by atoms with Gasteiger partial charge in [0.25, 0.3) is 0 Å². The predicted molar refractivity (Wildman–Crippen MR) is 361 cm³/mol. The molecule has 0 saturated heterocycles. The van der Waals surface area contributed by atoms with E-state index in [1.165, 1.54) is 93.8 Å². The smallest absolute Gasteiger partial charge is 0.160 e. The number of rotatable bonds is 10. The van der Waals surface area contributed by atoms with Gasteiger partial charge in [-0.3, -0.25) is 0 Å². The van der Waals surface area contributed by atoms with Gasteiger partial charge in [-0.25, -0.2) is 9.97 Å². The maximum atomic E-state index is 5.03. The third-order valence-electron chi connectivity index (χ3n) is 16.4. The van der Waals surface area contributed by atoms with Gasteiger partial charge in [-0.2, -0.15) is 0 Å². The predicted octanol–water partition coefficient (Wildman–Crippen LogP) is 21.7. The fourth-order valence-electron chi connectivity index (χ4n) is 12.2. The molecule has 86 heavy (non-hydrogen) atoms. The summed E-state index contributed by atoms with van der Waals surface area (Å²) in [6.07, 6.45) is 0. The Labute approximate surface area is 500 Å². The zero-order chi connectivity index (χ0) is 57.2. The van der Waals surface area contributed by atoms with Gasteiger partial charge in [0.1, 0.15) is 0 Å². The summed E-state index contributed by atoms with van der Waals surface area (Å²) >= 11 is 0. The van der Waals surface area contributed by atoms with E-state index in [1.54, 1.807) is 0 Å². The van der Waals surface area contributed by atoms with Crippen LogP contribution in [0.15, 0.2) is 340 Å². The van der Waals surface area contributed by atoms with Crippen molar-refractivity contribution in [3.05, 3.63) is 340 Å².